The van der Waals surface area contributed by atoms with Crippen molar-refractivity contribution in [1.29, 1.82) is 0 Å². The first-order chi connectivity index (χ1) is 7.72. The molecule has 0 aromatic carbocycles. The molecule has 1 aromatic rings. The van der Waals surface area contributed by atoms with Crippen molar-refractivity contribution in [2.75, 3.05) is 18.5 Å². The molecular formula is C11H15BrFN3. The first-order valence-corrected chi connectivity index (χ1v) is 6.26. The van der Waals surface area contributed by atoms with Gasteiger partial charge in [-0.25, -0.2) is 9.37 Å². The molecule has 16 heavy (non-hydrogen) atoms. The Bertz CT molecular complexity index is 372. The molecular weight excluding hydrogens is 273 g/mol. The lowest BCUT2D eigenvalue weighted by atomic mass is 10.1. The highest BCUT2D eigenvalue weighted by atomic mass is 79.9. The number of nitrogens with one attached hydrogen (secondary N) is 1. The Balaban J connectivity index is 2.23. The maximum atomic E-state index is 13.4. The number of halogens is 2. The highest BCUT2D eigenvalue weighted by molar-refractivity contribution is 9.10. The van der Waals surface area contributed by atoms with E-state index in [2.05, 4.69) is 31.1 Å². The molecule has 0 amide bonds. The van der Waals surface area contributed by atoms with E-state index in [0.29, 0.717) is 0 Å². The third kappa shape index (κ3) is 2.35. The van der Waals surface area contributed by atoms with E-state index in [1.54, 1.807) is 6.20 Å². The molecule has 0 radical (unpaired) electrons. The fourth-order valence-corrected chi connectivity index (χ4v) is 2.33. The topological polar surface area (TPSA) is 28.2 Å². The Morgan fingerprint density at radius 3 is 3.06 bits per heavy atom. The van der Waals surface area contributed by atoms with Crippen molar-refractivity contribution in [3.05, 3.63) is 22.7 Å². The number of piperidine rings is 1. The summed E-state index contributed by atoms with van der Waals surface area (Å²) in [6.45, 7) is 0.953. The van der Waals surface area contributed by atoms with Crippen molar-refractivity contribution in [2.24, 2.45) is 0 Å². The number of hydrogen-bond donors (Lipinski definition) is 1. The summed E-state index contributed by atoms with van der Waals surface area (Å²) in [7, 11) is 1.94. The van der Waals surface area contributed by atoms with Crippen molar-refractivity contribution in [1.82, 2.24) is 10.3 Å². The second-order valence-corrected chi connectivity index (χ2v) is 4.71. The average Bonchev–Trinajstić information content (AvgIpc) is 2.32. The summed E-state index contributed by atoms with van der Waals surface area (Å²) in [5.74, 6) is -0.307. The van der Waals surface area contributed by atoms with Crippen LogP contribution in [0.2, 0.25) is 0 Å². The van der Waals surface area contributed by atoms with Gasteiger partial charge in [0.1, 0.15) is 4.60 Å². The van der Waals surface area contributed by atoms with Crippen molar-refractivity contribution >= 4 is 21.6 Å². The van der Waals surface area contributed by atoms with Gasteiger partial charge < -0.3 is 10.2 Å². The quantitative estimate of drug-likeness (QED) is 0.848. The Hall–Kier alpha value is -0.680. The highest BCUT2D eigenvalue weighted by Gasteiger charge is 2.21. The van der Waals surface area contributed by atoms with Gasteiger partial charge in [0.25, 0.3) is 0 Å². The molecule has 1 fully saturated rings. The van der Waals surface area contributed by atoms with E-state index in [-0.39, 0.29) is 16.6 Å². The number of anilines is 1. The molecule has 0 aliphatic carbocycles. The maximum absolute atomic E-state index is 13.4. The van der Waals surface area contributed by atoms with Crippen LogP contribution in [0.3, 0.4) is 0 Å². The molecule has 0 saturated carbocycles. The zero-order valence-electron chi connectivity index (χ0n) is 9.21. The van der Waals surface area contributed by atoms with Gasteiger partial charge in [-0.1, -0.05) is 0 Å². The minimum absolute atomic E-state index is 0.272. The molecule has 1 atom stereocenters. The summed E-state index contributed by atoms with van der Waals surface area (Å²) in [6, 6.07) is 1.53. The lowest BCUT2D eigenvalue weighted by Gasteiger charge is -2.37. The molecule has 3 nitrogen and oxygen atoms in total. The number of rotatable bonds is 2. The zero-order valence-corrected chi connectivity index (χ0v) is 10.8. The van der Waals surface area contributed by atoms with Gasteiger partial charge in [-0.2, -0.15) is 0 Å². The summed E-state index contributed by atoms with van der Waals surface area (Å²) in [5, 5.41) is 3.25. The molecule has 1 aromatic heterocycles. The molecule has 1 N–H and O–H groups in total. The van der Waals surface area contributed by atoms with Gasteiger partial charge in [-0.3, -0.25) is 0 Å². The van der Waals surface area contributed by atoms with Crippen molar-refractivity contribution < 1.29 is 4.39 Å². The van der Waals surface area contributed by atoms with Crippen LogP contribution in [0.1, 0.15) is 19.3 Å². The van der Waals surface area contributed by atoms with Gasteiger partial charge >= 0.3 is 0 Å². The van der Waals surface area contributed by atoms with Gasteiger partial charge in [0.05, 0.1) is 18.1 Å². The maximum Gasteiger partial charge on any atom is 0.158 e. The summed E-state index contributed by atoms with van der Waals surface area (Å²) in [4.78, 5) is 6.17. The monoisotopic (exact) mass is 287 g/mol. The lowest BCUT2D eigenvalue weighted by Crippen LogP contribution is -2.47. The van der Waals surface area contributed by atoms with Gasteiger partial charge in [0.15, 0.2) is 5.82 Å². The van der Waals surface area contributed by atoms with Crippen molar-refractivity contribution in [3.63, 3.8) is 0 Å². The van der Waals surface area contributed by atoms with Crippen LogP contribution in [-0.4, -0.2) is 24.7 Å². The fraction of sp³-hybridized carbons (Fsp3) is 0.545. The van der Waals surface area contributed by atoms with E-state index in [0.717, 1.165) is 25.1 Å². The first-order valence-electron chi connectivity index (χ1n) is 5.47. The molecule has 2 heterocycles. The minimum Gasteiger partial charge on any atom is -0.355 e. The molecule has 1 unspecified atom stereocenters. The Labute approximate surface area is 103 Å². The van der Waals surface area contributed by atoms with E-state index >= 15 is 0 Å². The molecule has 0 bridgehead atoms. The fourth-order valence-electron chi connectivity index (χ4n) is 2.11. The van der Waals surface area contributed by atoms with Crippen LogP contribution < -0.4 is 10.2 Å². The first kappa shape index (κ1) is 11.8. The van der Waals surface area contributed by atoms with Crippen molar-refractivity contribution in [3.8, 4) is 0 Å². The normalized spacial score (nSPS) is 21.2. The smallest absolute Gasteiger partial charge is 0.158 e. The third-order valence-electron chi connectivity index (χ3n) is 2.95. The Morgan fingerprint density at radius 2 is 2.38 bits per heavy atom. The van der Waals surface area contributed by atoms with E-state index in [1.165, 1.54) is 12.5 Å². The average molecular weight is 288 g/mol. The van der Waals surface area contributed by atoms with E-state index in [1.807, 2.05) is 7.05 Å². The van der Waals surface area contributed by atoms with Crippen LogP contribution in [0.25, 0.3) is 0 Å². The molecule has 5 heteroatoms. The van der Waals surface area contributed by atoms with Crippen LogP contribution in [-0.2, 0) is 0 Å². The second kappa shape index (κ2) is 5.10. The lowest BCUT2D eigenvalue weighted by molar-refractivity contribution is 0.417. The van der Waals surface area contributed by atoms with Gasteiger partial charge in [-0.15, -0.1) is 0 Å². The summed E-state index contributed by atoms with van der Waals surface area (Å²) < 4.78 is 13.7. The van der Waals surface area contributed by atoms with Gasteiger partial charge in [-0.05, 0) is 42.2 Å². The van der Waals surface area contributed by atoms with Crippen LogP contribution in [0.5, 0.6) is 0 Å². The zero-order chi connectivity index (χ0) is 11.5. The largest absolute Gasteiger partial charge is 0.355 e. The molecule has 2 rings (SSSR count). The molecule has 0 spiro atoms. The minimum atomic E-state index is -0.307. The van der Waals surface area contributed by atoms with Crippen LogP contribution in [0.4, 0.5) is 10.1 Å². The Kier molecular flexibility index (Phi) is 3.76. The summed E-state index contributed by atoms with van der Waals surface area (Å²) >= 11 is 3.07. The molecule has 1 aliphatic rings. The van der Waals surface area contributed by atoms with Crippen LogP contribution in [0, 0.1) is 5.82 Å². The van der Waals surface area contributed by atoms with Crippen LogP contribution in [0.15, 0.2) is 16.9 Å². The third-order valence-corrected chi connectivity index (χ3v) is 3.53. The number of pyridine rings is 1. The van der Waals surface area contributed by atoms with E-state index < -0.39 is 0 Å². The molecule has 1 saturated heterocycles. The highest BCUT2D eigenvalue weighted by Crippen LogP contribution is 2.25. The van der Waals surface area contributed by atoms with Gasteiger partial charge in [0.2, 0.25) is 0 Å². The predicted molar refractivity (Wildman–Crippen MR) is 65.9 cm³/mol. The number of aromatic nitrogens is 1. The van der Waals surface area contributed by atoms with Gasteiger partial charge in [0, 0.05) is 12.6 Å². The molecule has 88 valence electrons. The Morgan fingerprint density at radius 1 is 1.56 bits per heavy atom. The second-order valence-electron chi connectivity index (χ2n) is 3.96. The summed E-state index contributed by atoms with van der Waals surface area (Å²) in [5.41, 5.74) is 0.847. The standard InChI is InChI=1S/C11H15BrFN3/c1-14-10-4-2-3-5-16(10)8-6-9(13)11(12)15-7-8/h6-7,10,14H,2-5H2,1H3. The van der Waals surface area contributed by atoms with E-state index in [9.17, 15) is 4.39 Å². The predicted octanol–water partition coefficient (Wildman–Crippen LogP) is 2.52. The van der Waals surface area contributed by atoms with E-state index in [4.69, 9.17) is 0 Å². The summed E-state index contributed by atoms with van der Waals surface area (Å²) in [6.07, 6.45) is 5.46. The number of nitrogens with zero attached hydrogens (tertiary/aromatic N) is 2. The SMILES string of the molecule is CNC1CCCCN1c1cnc(Br)c(F)c1. The van der Waals surface area contributed by atoms with Crippen molar-refractivity contribution in [2.45, 2.75) is 25.4 Å². The molecule has 1 aliphatic heterocycles. The number of hydrogen-bond acceptors (Lipinski definition) is 3. The van der Waals surface area contributed by atoms with Crippen LogP contribution >= 0.6 is 15.9 Å².